The molecule has 0 spiro atoms. The Balaban J connectivity index is 1.59. The van der Waals surface area contributed by atoms with Gasteiger partial charge >= 0.3 is 0 Å². The fourth-order valence-electron chi connectivity index (χ4n) is 3.16. The van der Waals surface area contributed by atoms with Crippen LogP contribution in [0.3, 0.4) is 0 Å². The molecule has 0 bridgehead atoms. The Morgan fingerprint density at radius 1 is 1.04 bits per heavy atom. The molecule has 0 saturated carbocycles. The average Bonchev–Trinajstić information content (AvgIpc) is 3.30. The Kier molecular flexibility index (Phi) is 5.16. The third-order valence-electron chi connectivity index (χ3n) is 4.74. The number of non-ortho nitro benzene ring substituents is 1. The molecule has 0 amide bonds. The van der Waals surface area contributed by atoms with E-state index >= 15 is 0 Å². The number of fused-ring (bicyclic) bond motifs is 1. The molecular formula is C21H20N4O2S. The van der Waals surface area contributed by atoms with E-state index in [1.54, 1.807) is 16.6 Å². The van der Waals surface area contributed by atoms with Gasteiger partial charge < -0.3 is 0 Å². The minimum atomic E-state index is -0.396. The van der Waals surface area contributed by atoms with Crippen molar-refractivity contribution in [2.45, 2.75) is 32.6 Å². The first-order valence-electron chi connectivity index (χ1n) is 9.34. The largest absolute Gasteiger partial charge is 0.269 e. The van der Waals surface area contributed by atoms with Gasteiger partial charge in [0.05, 0.1) is 10.6 Å². The van der Waals surface area contributed by atoms with Crippen LogP contribution in [0, 0.1) is 10.1 Å². The highest BCUT2D eigenvalue weighted by molar-refractivity contribution is 7.15. The Labute approximate surface area is 166 Å². The fraction of sp³-hybridized carbons (Fsp3) is 0.238. The Hall–Kier alpha value is -3.06. The second kappa shape index (κ2) is 7.90. The third kappa shape index (κ3) is 3.66. The summed E-state index contributed by atoms with van der Waals surface area (Å²) in [5.74, 6) is 0.690. The van der Waals surface area contributed by atoms with Crippen LogP contribution in [-0.4, -0.2) is 19.5 Å². The molecule has 4 rings (SSSR count). The van der Waals surface area contributed by atoms with E-state index in [0.29, 0.717) is 5.82 Å². The monoisotopic (exact) mass is 392 g/mol. The summed E-state index contributed by atoms with van der Waals surface area (Å²) in [5.41, 5.74) is 4.16. The number of hydrogen-bond donors (Lipinski definition) is 0. The second-order valence-electron chi connectivity index (χ2n) is 6.71. The lowest BCUT2D eigenvalue weighted by molar-refractivity contribution is -0.384. The van der Waals surface area contributed by atoms with Gasteiger partial charge in [0.1, 0.15) is 0 Å². The highest BCUT2D eigenvalue weighted by Crippen LogP contribution is 2.28. The fourth-order valence-corrected chi connectivity index (χ4v) is 3.99. The second-order valence-corrected chi connectivity index (χ2v) is 7.55. The van der Waals surface area contributed by atoms with Crippen molar-refractivity contribution in [2.75, 3.05) is 0 Å². The maximum Gasteiger partial charge on any atom is 0.269 e. The SMILES string of the molecule is CCCCCc1ccc(-c2nc3scc(-c4ccc([N+](=O)[O-])cc4)n3n2)cc1. The van der Waals surface area contributed by atoms with Gasteiger partial charge in [0.2, 0.25) is 4.96 Å². The minimum Gasteiger partial charge on any atom is -0.258 e. The summed E-state index contributed by atoms with van der Waals surface area (Å²) in [6, 6.07) is 15.0. The number of hydrogen-bond acceptors (Lipinski definition) is 5. The van der Waals surface area contributed by atoms with Crippen molar-refractivity contribution in [3.8, 4) is 22.6 Å². The first kappa shape index (κ1) is 18.3. The maximum absolute atomic E-state index is 10.8. The van der Waals surface area contributed by atoms with Crippen molar-refractivity contribution in [3.63, 3.8) is 0 Å². The average molecular weight is 392 g/mol. The van der Waals surface area contributed by atoms with E-state index in [9.17, 15) is 10.1 Å². The summed E-state index contributed by atoms with van der Waals surface area (Å²) in [6.07, 6.45) is 4.80. The van der Waals surface area contributed by atoms with Gasteiger partial charge in [0.25, 0.3) is 5.69 Å². The predicted molar refractivity (Wildman–Crippen MR) is 112 cm³/mol. The number of aryl methyl sites for hydroxylation is 1. The van der Waals surface area contributed by atoms with Crippen molar-refractivity contribution in [1.82, 2.24) is 14.6 Å². The van der Waals surface area contributed by atoms with E-state index in [2.05, 4.69) is 41.3 Å². The molecule has 4 aromatic rings. The van der Waals surface area contributed by atoms with Gasteiger partial charge in [0, 0.05) is 28.6 Å². The molecule has 2 aromatic carbocycles. The molecular weight excluding hydrogens is 372 g/mol. The van der Waals surface area contributed by atoms with Gasteiger partial charge in [-0.05, 0) is 30.5 Å². The van der Waals surface area contributed by atoms with E-state index in [4.69, 9.17) is 0 Å². The molecule has 7 heteroatoms. The summed E-state index contributed by atoms with van der Waals surface area (Å²) in [6.45, 7) is 2.21. The molecule has 0 N–H and O–H groups in total. The summed E-state index contributed by atoms with van der Waals surface area (Å²) in [4.78, 5) is 15.9. The third-order valence-corrected chi connectivity index (χ3v) is 5.55. The highest BCUT2D eigenvalue weighted by Gasteiger charge is 2.14. The number of nitro benzene ring substituents is 1. The van der Waals surface area contributed by atoms with E-state index in [1.165, 1.54) is 48.3 Å². The zero-order chi connectivity index (χ0) is 19.5. The molecule has 28 heavy (non-hydrogen) atoms. The predicted octanol–water partition coefficient (Wildman–Crippen LogP) is 5.77. The standard InChI is InChI=1S/C21H20N4O2S/c1-2-3-4-5-15-6-8-17(9-7-15)20-22-21-24(23-20)19(14-28-21)16-10-12-18(13-11-16)25(26)27/h6-14H,2-5H2,1H3. The number of aromatic nitrogens is 3. The molecule has 2 heterocycles. The lowest BCUT2D eigenvalue weighted by atomic mass is 10.1. The quantitative estimate of drug-likeness (QED) is 0.227. The molecule has 2 aromatic heterocycles. The number of nitro groups is 1. The molecule has 0 radical (unpaired) electrons. The van der Waals surface area contributed by atoms with Crippen LogP contribution < -0.4 is 0 Å². The van der Waals surface area contributed by atoms with Crippen molar-refractivity contribution in [3.05, 3.63) is 69.6 Å². The summed E-state index contributed by atoms with van der Waals surface area (Å²) >= 11 is 1.51. The number of benzene rings is 2. The Morgan fingerprint density at radius 2 is 1.75 bits per heavy atom. The van der Waals surface area contributed by atoms with Gasteiger partial charge in [0.15, 0.2) is 5.82 Å². The zero-order valence-corrected chi connectivity index (χ0v) is 16.4. The van der Waals surface area contributed by atoms with E-state index in [1.807, 2.05) is 5.38 Å². The number of thiazole rings is 1. The maximum atomic E-state index is 10.8. The zero-order valence-electron chi connectivity index (χ0n) is 15.5. The van der Waals surface area contributed by atoms with Crippen LogP contribution in [0.25, 0.3) is 27.6 Å². The molecule has 6 nitrogen and oxygen atoms in total. The van der Waals surface area contributed by atoms with Gasteiger partial charge in [-0.1, -0.05) is 44.0 Å². The van der Waals surface area contributed by atoms with Crippen LogP contribution in [0.5, 0.6) is 0 Å². The summed E-state index contributed by atoms with van der Waals surface area (Å²) in [7, 11) is 0. The van der Waals surface area contributed by atoms with Crippen LogP contribution in [0.1, 0.15) is 31.7 Å². The first-order chi connectivity index (χ1) is 13.7. The molecule has 0 saturated heterocycles. The lowest BCUT2D eigenvalue weighted by Gasteiger charge is -2.02. The number of nitrogens with zero attached hydrogens (tertiary/aromatic N) is 4. The van der Waals surface area contributed by atoms with Crippen LogP contribution >= 0.6 is 11.3 Å². The summed E-state index contributed by atoms with van der Waals surface area (Å²) < 4.78 is 1.80. The van der Waals surface area contributed by atoms with E-state index in [0.717, 1.165) is 28.2 Å². The van der Waals surface area contributed by atoms with Crippen LogP contribution in [0.2, 0.25) is 0 Å². The molecule has 0 unspecified atom stereocenters. The molecule has 0 fully saturated rings. The van der Waals surface area contributed by atoms with Crippen LogP contribution in [0.15, 0.2) is 53.9 Å². The van der Waals surface area contributed by atoms with E-state index < -0.39 is 4.92 Å². The lowest BCUT2D eigenvalue weighted by Crippen LogP contribution is -1.91. The van der Waals surface area contributed by atoms with Crippen LogP contribution in [-0.2, 0) is 6.42 Å². The van der Waals surface area contributed by atoms with Gasteiger partial charge in [-0.2, -0.15) is 4.98 Å². The minimum absolute atomic E-state index is 0.0773. The highest BCUT2D eigenvalue weighted by atomic mass is 32.1. The molecule has 0 aliphatic carbocycles. The van der Waals surface area contributed by atoms with Gasteiger partial charge in [-0.15, -0.1) is 16.4 Å². The summed E-state index contributed by atoms with van der Waals surface area (Å²) in [5, 5.41) is 17.5. The van der Waals surface area contributed by atoms with Crippen molar-refractivity contribution >= 4 is 22.0 Å². The number of rotatable bonds is 7. The van der Waals surface area contributed by atoms with Gasteiger partial charge in [-0.25, -0.2) is 4.52 Å². The molecule has 0 aliphatic rings. The Bertz CT molecular complexity index is 1100. The van der Waals surface area contributed by atoms with E-state index in [-0.39, 0.29) is 5.69 Å². The first-order valence-corrected chi connectivity index (χ1v) is 10.2. The topological polar surface area (TPSA) is 73.3 Å². The normalized spacial score (nSPS) is 11.2. The molecule has 0 aliphatic heterocycles. The molecule has 0 atom stereocenters. The smallest absolute Gasteiger partial charge is 0.258 e. The van der Waals surface area contributed by atoms with Gasteiger partial charge in [-0.3, -0.25) is 10.1 Å². The van der Waals surface area contributed by atoms with Crippen molar-refractivity contribution in [2.24, 2.45) is 0 Å². The molecule has 142 valence electrons. The van der Waals surface area contributed by atoms with Crippen molar-refractivity contribution in [1.29, 1.82) is 0 Å². The van der Waals surface area contributed by atoms with Crippen LogP contribution in [0.4, 0.5) is 5.69 Å². The van der Waals surface area contributed by atoms with Crippen molar-refractivity contribution < 1.29 is 4.92 Å². The Morgan fingerprint density at radius 3 is 2.43 bits per heavy atom. The number of unbranched alkanes of at least 4 members (excludes halogenated alkanes) is 2.